The second kappa shape index (κ2) is 6.67. The largest absolute Gasteiger partial charge is 0.354 e. The molecule has 0 atom stereocenters. The molecule has 116 valence electrons. The van der Waals surface area contributed by atoms with Crippen LogP contribution in [0.1, 0.15) is 32.8 Å². The van der Waals surface area contributed by atoms with E-state index < -0.39 is 5.54 Å². The number of hydrogen-bond acceptors (Lipinski definition) is 3. The van der Waals surface area contributed by atoms with Gasteiger partial charge in [-0.1, -0.05) is 30.7 Å². The van der Waals surface area contributed by atoms with Crippen molar-refractivity contribution in [1.29, 1.82) is 0 Å². The first-order valence-electron chi connectivity index (χ1n) is 7.52. The number of carbonyl (C=O) groups is 1. The number of carbonyl (C=O) groups excluding carboxylic acids is 1. The van der Waals surface area contributed by atoms with Crippen LogP contribution < -0.4 is 15.5 Å². The Morgan fingerprint density at radius 3 is 2.90 bits per heavy atom. The van der Waals surface area contributed by atoms with Crippen molar-refractivity contribution in [2.45, 2.75) is 39.3 Å². The van der Waals surface area contributed by atoms with Crippen LogP contribution in [0.15, 0.2) is 18.2 Å². The average molecular weight is 310 g/mol. The lowest BCUT2D eigenvalue weighted by molar-refractivity contribution is -0.126. The zero-order valence-corrected chi connectivity index (χ0v) is 13.8. The fourth-order valence-corrected chi connectivity index (χ4v) is 2.99. The number of para-hydroxylation sites is 1. The maximum absolute atomic E-state index is 12.2. The fourth-order valence-electron chi connectivity index (χ4n) is 2.70. The third-order valence-electron chi connectivity index (χ3n) is 3.93. The van der Waals surface area contributed by atoms with Crippen molar-refractivity contribution in [1.82, 2.24) is 10.6 Å². The molecule has 1 amide bonds. The number of rotatable bonds is 5. The predicted octanol–water partition coefficient (Wildman–Crippen LogP) is 2.55. The van der Waals surface area contributed by atoms with Crippen molar-refractivity contribution in [3.05, 3.63) is 28.8 Å². The Bertz CT molecular complexity index is 516. The molecular weight excluding hydrogens is 286 g/mol. The third kappa shape index (κ3) is 3.33. The molecule has 0 unspecified atom stereocenters. The van der Waals surface area contributed by atoms with E-state index in [1.807, 2.05) is 26.0 Å². The van der Waals surface area contributed by atoms with E-state index in [4.69, 9.17) is 11.6 Å². The Kier molecular flexibility index (Phi) is 5.12. The minimum Gasteiger partial charge on any atom is -0.354 e. The summed E-state index contributed by atoms with van der Waals surface area (Å²) in [5, 5.41) is 7.04. The molecule has 21 heavy (non-hydrogen) atoms. The summed E-state index contributed by atoms with van der Waals surface area (Å²) in [6.45, 7) is 9.17. The van der Waals surface area contributed by atoms with Crippen LogP contribution in [-0.4, -0.2) is 31.1 Å². The first-order chi connectivity index (χ1) is 9.98. The Labute approximate surface area is 131 Å². The summed E-state index contributed by atoms with van der Waals surface area (Å²) in [7, 11) is 0. The summed E-state index contributed by atoms with van der Waals surface area (Å²) in [4.78, 5) is 14.3. The zero-order chi connectivity index (χ0) is 15.5. The van der Waals surface area contributed by atoms with Gasteiger partial charge in [0.05, 0.1) is 10.7 Å². The van der Waals surface area contributed by atoms with Crippen LogP contribution in [-0.2, 0) is 11.3 Å². The molecule has 1 fully saturated rings. The number of halogens is 1. The molecule has 0 spiro atoms. The highest BCUT2D eigenvalue weighted by Gasteiger charge is 2.39. The number of anilines is 1. The standard InChI is InChI=1S/C16H24ClN3O/c1-4-8-18-11-12-6-5-7-13(17)14(12)20-10-9-19-15(21)16(20,2)3/h5-7,18H,4,8-11H2,1-3H3,(H,19,21). The number of benzene rings is 1. The highest BCUT2D eigenvalue weighted by Crippen LogP contribution is 2.35. The number of hydrogen-bond donors (Lipinski definition) is 2. The van der Waals surface area contributed by atoms with Crippen molar-refractivity contribution in [2.75, 3.05) is 24.5 Å². The number of nitrogens with zero attached hydrogens (tertiary/aromatic N) is 1. The van der Waals surface area contributed by atoms with E-state index >= 15 is 0 Å². The van der Waals surface area contributed by atoms with Crippen molar-refractivity contribution in [3.63, 3.8) is 0 Å². The molecule has 1 heterocycles. The first-order valence-corrected chi connectivity index (χ1v) is 7.90. The lowest BCUT2D eigenvalue weighted by Gasteiger charge is -2.44. The van der Waals surface area contributed by atoms with Gasteiger partial charge in [0.2, 0.25) is 5.91 Å². The quantitative estimate of drug-likeness (QED) is 0.822. The predicted molar refractivity (Wildman–Crippen MR) is 87.9 cm³/mol. The number of nitrogens with one attached hydrogen (secondary N) is 2. The van der Waals surface area contributed by atoms with Gasteiger partial charge in [-0.2, -0.15) is 0 Å². The molecule has 4 nitrogen and oxygen atoms in total. The van der Waals surface area contributed by atoms with E-state index in [1.54, 1.807) is 0 Å². The normalized spacial score (nSPS) is 17.7. The van der Waals surface area contributed by atoms with E-state index in [0.29, 0.717) is 11.6 Å². The maximum Gasteiger partial charge on any atom is 0.245 e. The topological polar surface area (TPSA) is 44.4 Å². The lowest BCUT2D eigenvalue weighted by atomic mass is 9.96. The minimum absolute atomic E-state index is 0.0427. The summed E-state index contributed by atoms with van der Waals surface area (Å²) in [5.41, 5.74) is 1.52. The second-order valence-corrected chi connectivity index (χ2v) is 6.30. The summed E-state index contributed by atoms with van der Waals surface area (Å²) in [5.74, 6) is 0.0427. The smallest absolute Gasteiger partial charge is 0.245 e. The third-order valence-corrected chi connectivity index (χ3v) is 4.24. The van der Waals surface area contributed by atoms with Crippen LogP contribution in [0, 0.1) is 0 Å². The molecule has 0 saturated carbocycles. The van der Waals surface area contributed by atoms with Crippen LogP contribution in [0.4, 0.5) is 5.69 Å². The Hall–Kier alpha value is -1.26. The van der Waals surface area contributed by atoms with Gasteiger partial charge in [-0.25, -0.2) is 0 Å². The monoisotopic (exact) mass is 309 g/mol. The van der Waals surface area contributed by atoms with E-state index in [2.05, 4.69) is 28.5 Å². The number of piperazine rings is 1. The van der Waals surface area contributed by atoms with Gasteiger partial charge in [-0.05, 0) is 38.4 Å². The first kappa shape index (κ1) is 16.1. The van der Waals surface area contributed by atoms with Gasteiger partial charge in [-0.15, -0.1) is 0 Å². The van der Waals surface area contributed by atoms with E-state index in [9.17, 15) is 4.79 Å². The SMILES string of the molecule is CCCNCc1cccc(Cl)c1N1CCNC(=O)C1(C)C. The summed E-state index contributed by atoms with van der Waals surface area (Å²) in [6.07, 6.45) is 1.09. The molecule has 5 heteroatoms. The summed E-state index contributed by atoms with van der Waals surface area (Å²) in [6, 6.07) is 5.93. The lowest BCUT2D eigenvalue weighted by Crippen LogP contribution is -2.62. The average Bonchev–Trinajstić information content (AvgIpc) is 2.43. The van der Waals surface area contributed by atoms with Gasteiger partial charge in [0.15, 0.2) is 0 Å². The van der Waals surface area contributed by atoms with E-state index in [-0.39, 0.29) is 5.91 Å². The van der Waals surface area contributed by atoms with Gasteiger partial charge < -0.3 is 15.5 Å². The molecule has 2 N–H and O–H groups in total. The molecule has 1 aromatic rings. The molecule has 1 aliphatic rings. The zero-order valence-electron chi connectivity index (χ0n) is 13.0. The van der Waals surface area contributed by atoms with Gasteiger partial charge >= 0.3 is 0 Å². The highest BCUT2D eigenvalue weighted by molar-refractivity contribution is 6.33. The Morgan fingerprint density at radius 2 is 2.19 bits per heavy atom. The highest BCUT2D eigenvalue weighted by atomic mass is 35.5. The molecule has 0 aliphatic carbocycles. The van der Waals surface area contributed by atoms with Gasteiger partial charge in [0.25, 0.3) is 0 Å². The van der Waals surface area contributed by atoms with Gasteiger partial charge in [-0.3, -0.25) is 4.79 Å². The Morgan fingerprint density at radius 1 is 1.43 bits per heavy atom. The number of amides is 1. The molecule has 0 aromatic heterocycles. The fraction of sp³-hybridized carbons (Fsp3) is 0.562. The molecule has 1 saturated heterocycles. The molecule has 0 bridgehead atoms. The van der Waals surface area contributed by atoms with E-state index in [1.165, 1.54) is 0 Å². The van der Waals surface area contributed by atoms with Crippen LogP contribution in [0.5, 0.6) is 0 Å². The van der Waals surface area contributed by atoms with E-state index in [0.717, 1.165) is 37.3 Å². The minimum atomic E-state index is -0.594. The van der Waals surface area contributed by atoms with Crippen LogP contribution in [0.25, 0.3) is 0 Å². The van der Waals surface area contributed by atoms with Crippen LogP contribution in [0.3, 0.4) is 0 Å². The molecule has 1 aliphatic heterocycles. The molecular formula is C16H24ClN3O. The molecule has 0 radical (unpaired) electrons. The van der Waals surface area contributed by atoms with Crippen LogP contribution in [0.2, 0.25) is 5.02 Å². The van der Waals surface area contributed by atoms with Crippen molar-refractivity contribution in [2.24, 2.45) is 0 Å². The maximum atomic E-state index is 12.2. The van der Waals surface area contributed by atoms with Crippen molar-refractivity contribution < 1.29 is 4.79 Å². The van der Waals surface area contributed by atoms with Crippen LogP contribution >= 0.6 is 11.6 Å². The molecule has 1 aromatic carbocycles. The van der Waals surface area contributed by atoms with Crippen molar-refractivity contribution >= 4 is 23.2 Å². The summed E-state index contributed by atoms with van der Waals surface area (Å²) >= 11 is 6.45. The second-order valence-electron chi connectivity index (χ2n) is 5.89. The molecule has 2 rings (SSSR count). The van der Waals surface area contributed by atoms with Gasteiger partial charge in [0.1, 0.15) is 5.54 Å². The Balaban J connectivity index is 2.35. The van der Waals surface area contributed by atoms with Gasteiger partial charge in [0, 0.05) is 19.6 Å². The summed E-state index contributed by atoms with van der Waals surface area (Å²) < 4.78 is 0. The van der Waals surface area contributed by atoms with Crippen molar-refractivity contribution in [3.8, 4) is 0 Å².